The lowest BCUT2D eigenvalue weighted by Gasteiger charge is -2.03. The number of furan rings is 1. The topological polar surface area (TPSA) is 48.4 Å². The molecule has 0 unspecified atom stereocenters. The minimum Gasteiger partial charge on any atom is -0.464 e. The Kier molecular flexibility index (Phi) is 2.66. The van der Waals surface area contributed by atoms with Gasteiger partial charge in [0.25, 0.3) is 0 Å². The van der Waals surface area contributed by atoms with Crippen LogP contribution in [-0.2, 0) is 11.3 Å². The van der Waals surface area contributed by atoms with Gasteiger partial charge in [-0.3, -0.25) is 0 Å². The van der Waals surface area contributed by atoms with Crippen LogP contribution in [0.2, 0.25) is 0 Å². The van der Waals surface area contributed by atoms with Crippen LogP contribution in [0.25, 0.3) is 11.0 Å². The molecule has 1 aromatic heterocycles. The largest absolute Gasteiger partial charge is 0.464 e. The number of hydrogen-bond acceptors (Lipinski definition) is 3. The Labute approximate surface area is 84.4 Å². The molecule has 2 rings (SSSR count). The van der Waals surface area contributed by atoms with Crippen molar-refractivity contribution in [1.82, 2.24) is 0 Å². The Morgan fingerprint density at radius 2 is 2.13 bits per heavy atom. The summed E-state index contributed by atoms with van der Waals surface area (Å²) in [5.74, 6) is 3.57. The molecule has 1 aromatic carbocycles. The van der Waals surface area contributed by atoms with E-state index in [0.717, 1.165) is 6.07 Å². The molecule has 0 radical (unpaired) electrons. The molecule has 0 atom stereocenters. The molecule has 0 spiro atoms. The lowest BCUT2D eigenvalue weighted by atomic mass is 10.1. The van der Waals surface area contributed by atoms with E-state index in [2.05, 4.69) is 4.84 Å². The lowest BCUT2D eigenvalue weighted by Crippen LogP contribution is -2.05. The van der Waals surface area contributed by atoms with Gasteiger partial charge in [0.2, 0.25) is 0 Å². The molecule has 0 saturated carbocycles. The summed E-state index contributed by atoms with van der Waals surface area (Å²) in [5, 5.41) is 0.267. The van der Waals surface area contributed by atoms with E-state index in [1.165, 1.54) is 12.3 Å². The van der Waals surface area contributed by atoms with Crippen LogP contribution in [0.4, 0.5) is 8.78 Å². The molecular weight excluding hydrogens is 204 g/mol. The van der Waals surface area contributed by atoms with E-state index < -0.39 is 11.6 Å². The highest BCUT2D eigenvalue weighted by molar-refractivity contribution is 5.81. The van der Waals surface area contributed by atoms with Crippen molar-refractivity contribution >= 4 is 11.0 Å². The van der Waals surface area contributed by atoms with Crippen LogP contribution < -0.4 is 5.90 Å². The monoisotopic (exact) mass is 213 g/mol. The first-order valence-electron chi connectivity index (χ1n) is 4.40. The second-order valence-corrected chi connectivity index (χ2v) is 3.10. The zero-order valence-electron chi connectivity index (χ0n) is 7.80. The zero-order valence-corrected chi connectivity index (χ0v) is 7.80. The fourth-order valence-electron chi connectivity index (χ4n) is 1.51. The molecule has 0 saturated heterocycles. The molecule has 1 heterocycles. The van der Waals surface area contributed by atoms with Crippen molar-refractivity contribution < 1.29 is 18.0 Å². The van der Waals surface area contributed by atoms with Crippen LogP contribution in [0, 0.1) is 11.6 Å². The summed E-state index contributed by atoms with van der Waals surface area (Å²) in [6, 6.07) is 2.29. The summed E-state index contributed by atoms with van der Waals surface area (Å²) >= 11 is 0. The Balaban J connectivity index is 2.55. The van der Waals surface area contributed by atoms with E-state index in [4.69, 9.17) is 10.3 Å². The first-order valence-corrected chi connectivity index (χ1v) is 4.40. The van der Waals surface area contributed by atoms with Crippen LogP contribution in [-0.4, -0.2) is 6.61 Å². The SMILES string of the molecule is NOCCc1c(F)cc(F)c2ccoc12. The van der Waals surface area contributed by atoms with Crippen molar-refractivity contribution in [2.45, 2.75) is 6.42 Å². The van der Waals surface area contributed by atoms with Gasteiger partial charge in [0.15, 0.2) is 0 Å². The zero-order chi connectivity index (χ0) is 10.8. The minimum absolute atomic E-state index is 0.151. The van der Waals surface area contributed by atoms with Gasteiger partial charge in [0.1, 0.15) is 17.2 Å². The van der Waals surface area contributed by atoms with Crippen molar-refractivity contribution in [3.05, 3.63) is 35.6 Å². The first kappa shape index (κ1) is 10.1. The second-order valence-electron chi connectivity index (χ2n) is 3.10. The van der Waals surface area contributed by atoms with Crippen molar-refractivity contribution in [2.75, 3.05) is 6.61 Å². The first-order chi connectivity index (χ1) is 7.24. The standard InChI is InChI=1S/C10H9F2NO2/c11-8-5-9(12)7(2-4-15-13)10-6(8)1-3-14-10/h1,3,5H,2,4,13H2. The van der Waals surface area contributed by atoms with Crippen LogP contribution >= 0.6 is 0 Å². The van der Waals surface area contributed by atoms with Gasteiger partial charge in [-0.05, 0) is 6.07 Å². The van der Waals surface area contributed by atoms with Crippen molar-refractivity contribution in [2.24, 2.45) is 5.90 Å². The van der Waals surface area contributed by atoms with Crippen molar-refractivity contribution in [3.63, 3.8) is 0 Å². The molecule has 0 bridgehead atoms. The smallest absolute Gasteiger partial charge is 0.142 e. The summed E-state index contributed by atoms with van der Waals surface area (Å²) in [6.07, 6.45) is 1.56. The number of halogens is 2. The minimum atomic E-state index is -0.646. The maximum atomic E-state index is 13.4. The molecule has 0 amide bonds. The third-order valence-electron chi connectivity index (χ3n) is 2.21. The Hall–Kier alpha value is -1.46. The molecular formula is C10H9F2NO2. The summed E-state index contributed by atoms with van der Waals surface area (Å²) in [7, 11) is 0. The van der Waals surface area contributed by atoms with E-state index in [0.29, 0.717) is 0 Å². The maximum absolute atomic E-state index is 13.4. The quantitative estimate of drug-likeness (QED) is 0.794. The number of benzene rings is 1. The van der Waals surface area contributed by atoms with Gasteiger partial charge in [-0.15, -0.1) is 0 Å². The molecule has 15 heavy (non-hydrogen) atoms. The van der Waals surface area contributed by atoms with Crippen LogP contribution in [0.3, 0.4) is 0 Å². The third-order valence-corrected chi connectivity index (χ3v) is 2.21. The summed E-state index contributed by atoms with van der Waals surface area (Å²) in [6.45, 7) is 0.151. The lowest BCUT2D eigenvalue weighted by molar-refractivity contribution is 0.140. The van der Waals surface area contributed by atoms with E-state index in [1.54, 1.807) is 0 Å². The average Bonchev–Trinajstić information content (AvgIpc) is 2.66. The third kappa shape index (κ3) is 1.71. The number of nitrogens with two attached hydrogens (primary N) is 1. The van der Waals surface area contributed by atoms with Crippen molar-refractivity contribution in [3.8, 4) is 0 Å². The van der Waals surface area contributed by atoms with Gasteiger partial charge in [-0.25, -0.2) is 14.7 Å². The molecule has 2 N–H and O–H groups in total. The molecule has 5 heteroatoms. The van der Waals surface area contributed by atoms with Gasteiger partial charge in [-0.1, -0.05) is 0 Å². The fraction of sp³-hybridized carbons (Fsp3) is 0.200. The Morgan fingerprint density at radius 1 is 1.33 bits per heavy atom. The second kappa shape index (κ2) is 3.96. The van der Waals surface area contributed by atoms with Gasteiger partial charge >= 0.3 is 0 Å². The van der Waals surface area contributed by atoms with E-state index in [9.17, 15) is 8.78 Å². The van der Waals surface area contributed by atoms with E-state index in [1.807, 2.05) is 0 Å². The van der Waals surface area contributed by atoms with Gasteiger partial charge in [0, 0.05) is 18.1 Å². The van der Waals surface area contributed by atoms with Gasteiger partial charge in [-0.2, -0.15) is 0 Å². The fourth-order valence-corrected chi connectivity index (χ4v) is 1.51. The van der Waals surface area contributed by atoms with Gasteiger partial charge < -0.3 is 9.25 Å². The highest BCUT2D eigenvalue weighted by atomic mass is 19.1. The van der Waals surface area contributed by atoms with Crippen LogP contribution in [0.1, 0.15) is 5.56 Å². The molecule has 2 aromatic rings. The Bertz CT molecular complexity index is 481. The van der Waals surface area contributed by atoms with Gasteiger partial charge in [0.05, 0.1) is 18.3 Å². The molecule has 0 aliphatic rings. The molecule has 0 aliphatic heterocycles. The number of rotatable bonds is 3. The van der Waals surface area contributed by atoms with Crippen molar-refractivity contribution in [1.29, 1.82) is 0 Å². The Morgan fingerprint density at radius 3 is 2.87 bits per heavy atom. The average molecular weight is 213 g/mol. The normalized spacial score (nSPS) is 11.1. The van der Waals surface area contributed by atoms with Crippen LogP contribution in [0.5, 0.6) is 0 Å². The number of hydrogen-bond donors (Lipinski definition) is 1. The maximum Gasteiger partial charge on any atom is 0.142 e. The molecule has 0 aliphatic carbocycles. The molecule has 3 nitrogen and oxygen atoms in total. The molecule has 0 fully saturated rings. The predicted octanol–water partition coefficient (Wildman–Crippen LogP) is 2.14. The van der Waals surface area contributed by atoms with E-state index in [-0.39, 0.29) is 29.6 Å². The predicted molar refractivity (Wildman–Crippen MR) is 50.0 cm³/mol. The highest BCUT2D eigenvalue weighted by Crippen LogP contribution is 2.26. The number of fused-ring (bicyclic) bond motifs is 1. The van der Waals surface area contributed by atoms with E-state index >= 15 is 0 Å². The molecule has 80 valence electrons. The summed E-state index contributed by atoms with van der Waals surface area (Å²) < 4.78 is 31.6. The van der Waals surface area contributed by atoms with Crippen LogP contribution in [0.15, 0.2) is 22.8 Å². The summed E-state index contributed by atoms with van der Waals surface area (Å²) in [4.78, 5) is 4.35. The highest BCUT2D eigenvalue weighted by Gasteiger charge is 2.14. The summed E-state index contributed by atoms with van der Waals surface area (Å²) in [5.41, 5.74) is 0.492.